The molecular weight excluding hydrogens is 368 g/mol. The first-order valence-corrected chi connectivity index (χ1v) is 10.5. The average molecular weight is 394 g/mol. The third-order valence-electron chi connectivity index (χ3n) is 5.75. The van der Waals surface area contributed by atoms with Gasteiger partial charge in [-0.15, -0.1) is 0 Å². The molecule has 0 fully saturated rings. The van der Waals surface area contributed by atoms with Crippen LogP contribution >= 0.6 is 0 Å². The average Bonchev–Trinajstić information content (AvgIpc) is 3.28. The minimum absolute atomic E-state index is 0.800. The van der Waals surface area contributed by atoms with Crippen LogP contribution in [0.25, 0.3) is 33.5 Å². The summed E-state index contributed by atoms with van der Waals surface area (Å²) < 4.78 is 4.54. The van der Waals surface area contributed by atoms with E-state index in [1.54, 1.807) is 0 Å². The minimum atomic E-state index is 0.800. The predicted octanol–water partition coefficient (Wildman–Crippen LogP) is 5.70. The minimum Gasteiger partial charge on any atom is -0.327 e. The standard InChI is InChI=1S/C26H25N4/c1-4-10-24-28-25-18(2)15-20(26-27-21-13-8-9-14-22(21)29(26)3)16-23(25)30(24)17-19-11-6-5-7-12-19/h5-6,8-9,11-16H,4,10,17H2,1-3H3. The monoisotopic (exact) mass is 393 g/mol. The number of rotatable bonds is 5. The fourth-order valence-electron chi connectivity index (χ4n) is 4.28. The molecule has 3 aromatic carbocycles. The predicted molar refractivity (Wildman–Crippen MR) is 123 cm³/mol. The molecule has 0 amide bonds. The van der Waals surface area contributed by atoms with Gasteiger partial charge in [-0.05, 0) is 60.9 Å². The van der Waals surface area contributed by atoms with Gasteiger partial charge in [-0.1, -0.05) is 37.3 Å². The Morgan fingerprint density at radius 3 is 2.63 bits per heavy atom. The summed E-state index contributed by atoms with van der Waals surface area (Å²) in [5.74, 6) is 2.13. The molecule has 2 aromatic heterocycles. The summed E-state index contributed by atoms with van der Waals surface area (Å²) >= 11 is 0. The lowest BCUT2D eigenvalue weighted by atomic mass is 10.1. The van der Waals surface area contributed by atoms with E-state index in [2.05, 4.69) is 78.6 Å². The van der Waals surface area contributed by atoms with Crippen LogP contribution in [0, 0.1) is 13.0 Å². The summed E-state index contributed by atoms with van der Waals surface area (Å²) in [6.45, 7) is 5.16. The molecule has 0 spiro atoms. The summed E-state index contributed by atoms with van der Waals surface area (Å²) in [6, 6.07) is 24.1. The van der Waals surface area contributed by atoms with Gasteiger partial charge in [0.1, 0.15) is 11.6 Å². The van der Waals surface area contributed by atoms with Crippen molar-refractivity contribution in [1.82, 2.24) is 19.1 Å². The van der Waals surface area contributed by atoms with E-state index in [0.717, 1.165) is 53.1 Å². The van der Waals surface area contributed by atoms with Gasteiger partial charge in [0.15, 0.2) is 0 Å². The highest BCUT2D eigenvalue weighted by molar-refractivity contribution is 5.87. The van der Waals surface area contributed by atoms with Crippen molar-refractivity contribution in [3.05, 3.63) is 83.7 Å². The van der Waals surface area contributed by atoms with Crippen molar-refractivity contribution >= 4 is 22.1 Å². The zero-order valence-electron chi connectivity index (χ0n) is 17.7. The Bertz CT molecular complexity index is 1340. The normalized spacial score (nSPS) is 11.6. The van der Waals surface area contributed by atoms with Crippen molar-refractivity contribution in [3.63, 3.8) is 0 Å². The molecule has 0 unspecified atom stereocenters. The van der Waals surface area contributed by atoms with Crippen molar-refractivity contribution in [2.45, 2.75) is 33.2 Å². The van der Waals surface area contributed by atoms with E-state index in [0.29, 0.717) is 0 Å². The van der Waals surface area contributed by atoms with Crippen LogP contribution in [0.5, 0.6) is 0 Å². The number of nitrogens with zero attached hydrogens (tertiary/aromatic N) is 4. The molecular formula is C26H25N4. The molecule has 0 saturated heterocycles. The second-order valence-electron chi connectivity index (χ2n) is 7.92. The topological polar surface area (TPSA) is 35.6 Å². The molecule has 1 radical (unpaired) electrons. The van der Waals surface area contributed by atoms with Crippen molar-refractivity contribution in [1.29, 1.82) is 0 Å². The number of hydrogen-bond acceptors (Lipinski definition) is 2. The molecule has 2 heterocycles. The molecule has 30 heavy (non-hydrogen) atoms. The zero-order chi connectivity index (χ0) is 20.7. The highest BCUT2D eigenvalue weighted by Crippen LogP contribution is 2.30. The molecule has 0 aliphatic rings. The molecule has 0 aliphatic heterocycles. The van der Waals surface area contributed by atoms with E-state index in [1.165, 1.54) is 16.6 Å². The number of benzene rings is 3. The maximum atomic E-state index is 5.02. The van der Waals surface area contributed by atoms with Crippen LogP contribution in [-0.2, 0) is 20.0 Å². The molecule has 0 bridgehead atoms. The van der Waals surface area contributed by atoms with Crippen LogP contribution in [0.15, 0.2) is 60.7 Å². The summed E-state index contributed by atoms with van der Waals surface area (Å²) in [7, 11) is 2.09. The van der Waals surface area contributed by atoms with E-state index in [9.17, 15) is 0 Å². The SMILES string of the molecule is CCCc1nc2c(C)cc(-c3nc4ccccc4n3C)cc2n1Cc1c[c]ccc1. The van der Waals surface area contributed by atoms with Crippen molar-refractivity contribution in [3.8, 4) is 11.4 Å². The number of para-hydroxylation sites is 2. The van der Waals surface area contributed by atoms with Crippen molar-refractivity contribution in [2.75, 3.05) is 0 Å². The number of imidazole rings is 2. The lowest BCUT2D eigenvalue weighted by Gasteiger charge is -2.10. The van der Waals surface area contributed by atoms with Gasteiger partial charge in [-0.2, -0.15) is 0 Å². The molecule has 0 atom stereocenters. The van der Waals surface area contributed by atoms with E-state index >= 15 is 0 Å². The lowest BCUT2D eigenvalue weighted by molar-refractivity contribution is 0.721. The van der Waals surface area contributed by atoms with Gasteiger partial charge in [-0.3, -0.25) is 0 Å². The number of fused-ring (bicyclic) bond motifs is 2. The van der Waals surface area contributed by atoms with Gasteiger partial charge in [0.05, 0.1) is 22.1 Å². The molecule has 4 heteroatoms. The first kappa shape index (κ1) is 18.6. The van der Waals surface area contributed by atoms with Crippen LogP contribution in [0.4, 0.5) is 0 Å². The number of hydrogen-bond donors (Lipinski definition) is 0. The van der Waals surface area contributed by atoms with Gasteiger partial charge in [0.2, 0.25) is 0 Å². The quantitative estimate of drug-likeness (QED) is 0.384. The van der Waals surface area contributed by atoms with Gasteiger partial charge in [-0.25, -0.2) is 9.97 Å². The van der Waals surface area contributed by atoms with Gasteiger partial charge < -0.3 is 9.13 Å². The lowest BCUT2D eigenvalue weighted by Crippen LogP contribution is -2.05. The summed E-state index contributed by atoms with van der Waals surface area (Å²) in [6.07, 6.45) is 2.03. The van der Waals surface area contributed by atoms with Gasteiger partial charge in [0.25, 0.3) is 0 Å². The molecule has 4 nitrogen and oxygen atoms in total. The summed E-state index contributed by atoms with van der Waals surface area (Å²) in [5.41, 5.74) is 7.97. The van der Waals surface area contributed by atoms with E-state index in [1.807, 2.05) is 18.2 Å². The Balaban J connectivity index is 1.71. The van der Waals surface area contributed by atoms with Crippen molar-refractivity contribution in [2.24, 2.45) is 7.05 Å². The highest BCUT2D eigenvalue weighted by atomic mass is 15.1. The van der Waals surface area contributed by atoms with Crippen LogP contribution in [0.3, 0.4) is 0 Å². The third kappa shape index (κ3) is 3.09. The zero-order valence-corrected chi connectivity index (χ0v) is 17.7. The third-order valence-corrected chi connectivity index (χ3v) is 5.75. The smallest absolute Gasteiger partial charge is 0.140 e. The fourth-order valence-corrected chi connectivity index (χ4v) is 4.28. The van der Waals surface area contributed by atoms with Gasteiger partial charge >= 0.3 is 0 Å². The number of aromatic nitrogens is 4. The van der Waals surface area contributed by atoms with Gasteiger partial charge in [0, 0.05) is 25.6 Å². The molecule has 0 saturated carbocycles. The first-order chi connectivity index (χ1) is 14.7. The summed E-state index contributed by atoms with van der Waals surface area (Å²) in [4.78, 5) is 9.94. The maximum Gasteiger partial charge on any atom is 0.140 e. The Kier molecular flexibility index (Phi) is 4.62. The van der Waals surface area contributed by atoms with E-state index in [4.69, 9.17) is 9.97 Å². The van der Waals surface area contributed by atoms with Crippen molar-refractivity contribution < 1.29 is 0 Å². The molecule has 0 N–H and O–H groups in total. The van der Waals surface area contributed by atoms with Crippen LogP contribution in [-0.4, -0.2) is 19.1 Å². The molecule has 149 valence electrons. The molecule has 5 rings (SSSR count). The second-order valence-corrected chi connectivity index (χ2v) is 7.92. The van der Waals surface area contributed by atoms with Crippen LogP contribution in [0.2, 0.25) is 0 Å². The highest BCUT2D eigenvalue weighted by Gasteiger charge is 2.17. The first-order valence-electron chi connectivity index (χ1n) is 10.5. The molecule has 0 aliphatic carbocycles. The maximum absolute atomic E-state index is 5.02. The van der Waals surface area contributed by atoms with E-state index < -0.39 is 0 Å². The Morgan fingerprint density at radius 1 is 1.00 bits per heavy atom. The fraction of sp³-hybridized carbons (Fsp3) is 0.231. The van der Waals surface area contributed by atoms with E-state index in [-0.39, 0.29) is 0 Å². The number of aryl methyl sites for hydroxylation is 3. The largest absolute Gasteiger partial charge is 0.327 e. The van der Waals surface area contributed by atoms with Crippen LogP contribution < -0.4 is 0 Å². The Hall–Kier alpha value is -3.40. The molecule has 5 aromatic rings. The summed E-state index contributed by atoms with van der Waals surface area (Å²) in [5, 5.41) is 0. The Morgan fingerprint density at radius 2 is 1.87 bits per heavy atom. The Labute approximate surface area is 176 Å². The second kappa shape index (κ2) is 7.45. The van der Waals surface area contributed by atoms with Crippen LogP contribution in [0.1, 0.15) is 30.3 Å².